The van der Waals surface area contributed by atoms with Crippen molar-refractivity contribution in [2.45, 2.75) is 97.1 Å². The summed E-state index contributed by atoms with van der Waals surface area (Å²) >= 11 is 0. The van der Waals surface area contributed by atoms with Crippen molar-refractivity contribution in [1.29, 1.82) is 0 Å². The first kappa shape index (κ1) is 39.2. The van der Waals surface area contributed by atoms with Crippen molar-refractivity contribution in [2.75, 3.05) is 74.2 Å². The van der Waals surface area contributed by atoms with Gasteiger partial charge in [-0.05, 0) is 78.7 Å². The lowest BCUT2D eigenvalue weighted by Gasteiger charge is -2.27. The maximum Gasteiger partial charge on any atom is 0.500 e. The molecular weight excluding hydrogens is 585 g/mol. The third-order valence-electron chi connectivity index (χ3n) is 6.95. The first-order valence-corrected chi connectivity index (χ1v) is 20.6. The Morgan fingerprint density at radius 3 is 1.78 bits per heavy atom. The number of epoxide rings is 2. The number of fused-ring (bicyclic) bond motifs is 1. The number of hydrogen-bond acceptors (Lipinski definition) is 11. The third-order valence-corrected chi connectivity index (χ3v) is 13.8. The Labute approximate surface area is 254 Å². The van der Waals surface area contributed by atoms with Crippen LogP contribution in [0.1, 0.15) is 66.7 Å². The highest BCUT2D eigenvalue weighted by Gasteiger charge is 2.45. The second-order valence-corrected chi connectivity index (χ2v) is 16.7. The lowest BCUT2D eigenvalue weighted by Crippen LogP contribution is -2.43. The molecule has 0 bridgehead atoms. The summed E-state index contributed by atoms with van der Waals surface area (Å²) in [6.45, 7) is 15.8. The average molecular weight is 645 g/mol. The molecule has 3 aliphatic rings. The SMILES string of the molecule is CCO[SiH](CCCOCC1CO1)OCC.CCO[SiH](OCC)OCC.CO[Si](CCC1CCC2OC2C1)(OC)OC. The van der Waals surface area contributed by atoms with E-state index >= 15 is 0 Å². The molecule has 4 atom stereocenters. The van der Waals surface area contributed by atoms with E-state index in [1.165, 1.54) is 19.3 Å². The molecule has 1 aliphatic carbocycles. The Kier molecular flexibility index (Phi) is 23.5. The molecule has 2 saturated heterocycles. The molecule has 0 amide bonds. The minimum atomic E-state index is -2.35. The van der Waals surface area contributed by atoms with Gasteiger partial charge in [0.25, 0.3) is 0 Å². The van der Waals surface area contributed by atoms with E-state index in [-0.39, 0.29) is 0 Å². The van der Waals surface area contributed by atoms with Crippen molar-refractivity contribution < 1.29 is 49.6 Å². The Bertz CT molecular complexity index is 574. The van der Waals surface area contributed by atoms with Crippen LogP contribution in [0.4, 0.5) is 0 Å². The first-order valence-electron chi connectivity index (χ1n) is 15.5. The molecule has 0 aromatic carbocycles. The first-order chi connectivity index (χ1) is 19.9. The van der Waals surface area contributed by atoms with E-state index in [0.29, 0.717) is 38.1 Å². The highest BCUT2D eigenvalue weighted by Crippen LogP contribution is 2.41. The zero-order chi connectivity index (χ0) is 30.3. The summed E-state index contributed by atoms with van der Waals surface area (Å²) in [5.74, 6) is 0.760. The van der Waals surface area contributed by atoms with Crippen LogP contribution in [0.2, 0.25) is 12.1 Å². The normalized spacial score (nSPS) is 23.0. The Hall–Kier alpha value is 0.211. The molecule has 14 heteroatoms. The smallest absolute Gasteiger partial charge is 0.397 e. The maximum atomic E-state index is 5.56. The minimum Gasteiger partial charge on any atom is -0.397 e. The van der Waals surface area contributed by atoms with Gasteiger partial charge in [-0.1, -0.05) is 0 Å². The fourth-order valence-corrected chi connectivity index (χ4v) is 9.21. The van der Waals surface area contributed by atoms with Crippen LogP contribution >= 0.6 is 0 Å². The largest absolute Gasteiger partial charge is 0.500 e. The fourth-order valence-electron chi connectivity index (χ4n) is 4.56. The molecule has 0 radical (unpaired) electrons. The van der Waals surface area contributed by atoms with Crippen LogP contribution < -0.4 is 0 Å². The molecule has 0 aromatic heterocycles. The zero-order valence-electron chi connectivity index (χ0n) is 27.1. The second kappa shape index (κ2) is 24.5. The van der Waals surface area contributed by atoms with Crippen molar-refractivity contribution in [1.82, 2.24) is 0 Å². The van der Waals surface area contributed by atoms with Crippen LogP contribution in [-0.4, -0.2) is 120 Å². The molecule has 41 heavy (non-hydrogen) atoms. The summed E-state index contributed by atoms with van der Waals surface area (Å²) in [5.41, 5.74) is 0. The van der Waals surface area contributed by atoms with Gasteiger partial charge >= 0.3 is 27.6 Å². The molecule has 0 spiro atoms. The summed E-state index contributed by atoms with van der Waals surface area (Å²) in [6, 6.07) is 1.95. The summed E-state index contributed by atoms with van der Waals surface area (Å²) in [5, 5.41) is 0. The van der Waals surface area contributed by atoms with Crippen molar-refractivity contribution in [3.8, 4) is 0 Å². The number of hydrogen-bond donors (Lipinski definition) is 0. The monoisotopic (exact) mass is 644 g/mol. The molecule has 246 valence electrons. The second-order valence-electron chi connectivity index (χ2n) is 9.89. The number of rotatable bonds is 22. The Balaban J connectivity index is 0.000000317. The van der Waals surface area contributed by atoms with Gasteiger partial charge in [-0.2, -0.15) is 0 Å². The molecule has 3 rings (SSSR count). The predicted molar refractivity (Wildman–Crippen MR) is 165 cm³/mol. The highest BCUT2D eigenvalue weighted by atomic mass is 28.4. The van der Waals surface area contributed by atoms with E-state index in [4.69, 9.17) is 49.6 Å². The number of ether oxygens (including phenoxy) is 3. The lowest BCUT2D eigenvalue weighted by molar-refractivity contribution is 0.107. The van der Waals surface area contributed by atoms with Gasteiger partial charge in [0.15, 0.2) is 0 Å². The van der Waals surface area contributed by atoms with Crippen LogP contribution in [0, 0.1) is 5.92 Å². The van der Waals surface area contributed by atoms with Gasteiger partial charge < -0.3 is 49.6 Å². The van der Waals surface area contributed by atoms with Gasteiger partial charge in [-0.3, -0.25) is 0 Å². The molecule has 11 nitrogen and oxygen atoms in total. The molecule has 2 heterocycles. The van der Waals surface area contributed by atoms with Gasteiger partial charge in [0, 0.05) is 67.0 Å². The fraction of sp³-hybridized carbons (Fsp3) is 1.00. The minimum absolute atomic E-state index is 0.372. The third kappa shape index (κ3) is 18.6. The van der Waals surface area contributed by atoms with E-state index < -0.39 is 27.6 Å². The summed E-state index contributed by atoms with van der Waals surface area (Å²) in [7, 11) is -0.439. The predicted octanol–water partition coefficient (Wildman–Crippen LogP) is 3.72. The Morgan fingerprint density at radius 1 is 0.756 bits per heavy atom. The molecule has 4 unspecified atom stereocenters. The van der Waals surface area contributed by atoms with Crippen molar-refractivity contribution in [3.63, 3.8) is 0 Å². The van der Waals surface area contributed by atoms with Gasteiger partial charge in [-0.15, -0.1) is 0 Å². The average Bonchev–Trinajstić information content (AvgIpc) is 3.91. The van der Waals surface area contributed by atoms with Gasteiger partial charge in [-0.25, -0.2) is 0 Å². The maximum absolute atomic E-state index is 5.56. The summed E-state index contributed by atoms with van der Waals surface area (Å²) in [6.07, 6.45) is 7.41. The van der Waals surface area contributed by atoms with Crippen molar-refractivity contribution in [3.05, 3.63) is 0 Å². The van der Waals surface area contributed by atoms with Crippen molar-refractivity contribution >= 4 is 27.6 Å². The molecular formula is C27H60O11Si3. The summed E-state index contributed by atoms with van der Waals surface area (Å²) in [4.78, 5) is 0. The topological polar surface area (TPSA) is 108 Å². The molecule has 3 fully saturated rings. The molecule has 0 N–H and O–H groups in total. The van der Waals surface area contributed by atoms with Crippen LogP contribution in [0.25, 0.3) is 0 Å². The molecule has 0 aromatic rings. The lowest BCUT2D eigenvalue weighted by atomic mass is 9.88. The van der Waals surface area contributed by atoms with Crippen LogP contribution in [0.3, 0.4) is 0 Å². The quantitative estimate of drug-likeness (QED) is 0.0978. The van der Waals surface area contributed by atoms with E-state index in [9.17, 15) is 0 Å². The zero-order valence-corrected chi connectivity index (χ0v) is 30.4. The van der Waals surface area contributed by atoms with E-state index in [2.05, 4.69) is 0 Å². The molecule has 2 aliphatic heterocycles. The van der Waals surface area contributed by atoms with Crippen LogP contribution in [0.15, 0.2) is 0 Å². The highest BCUT2D eigenvalue weighted by molar-refractivity contribution is 6.60. The standard InChI is InChI=1S/C11H22O4Si.C10H22O4Si.C6H16O3Si/c1-12-16(13-2,14-3)7-6-9-4-5-10-11(8-9)15-10;1-3-13-15(14-4-2)7-5-6-11-8-10-9-12-10;1-4-7-10(8-5-2)9-6-3/h9-11H,4-8H2,1-3H3;10,15H,3-9H2,1-2H3;10H,4-6H2,1-3H3. The van der Waals surface area contributed by atoms with Gasteiger partial charge in [0.1, 0.15) is 6.10 Å². The van der Waals surface area contributed by atoms with Crippen LogP contribution in [0.5, 0.6) is 0 Å². The Morgan fingerprint density at radius 2 is 1.32 bits per heavy atom. The van der Waals surface area contributed by atoms with E-state index in [1.54, 1.807) is 21.3 Å². The van der Waals surface area contributed by atoms with E-state index in [0.717, 1.165) is 63.9 Å². The molecule has 1 saturated carbocycles. The van der Waals surface area contributed by atoms with Gasteiger partial charge in [0.05, 0.1) is 25.4 Å². The van der Waals surface area contributed by atoms with E-state index in [1.807, 2.05) is 34.6 Å². The van der Waals surface area contributed by atoms with Crippen LogP contribution in [-0.2, 0) is 49.6 Å². The van der Waals surface area contributed by atoms with Crippen molar-refractivity contribution in [2.24, 2.45) is 5.92 Å². The summed E-state index contributed by atoms with van der Waals surface area (Å²) < 4.78 is 59.1. The van der Waals surface area contributed by atoms with Gasteiger partial charge in [0.2, 0.25) is 0 Å².